The van der Waals surface area contributed by atoms with Crippen molar-refractivity contribution >= 4 is 28.5 Å². The number of fused-ring (bicyclic) bond motifs is 1. The zero-order valence-corrected chi connectivity index (χ0v) is 19.1. The molecule has 3 amide bonds. The van der Waals surface area contributed by atoms with Gasteiger partial charge in [-0.25, -0.2) is 4.79 Å². The van der Waals surface area contributed by atoms with Crippen molar-refractivity contribution in [3.8, 4) is 0 Å². The van der Waals surface area contributed by atoms with Crippen LogP contribution in [0.1, 0.15) is 37.2 Å². The van der Waals surface area contributed by atoms with Crippen LogP contribution in [0.15, 0.2) is 60.8 Å². The zero-order chi connectivity index (χ0) is 22.7. The molecule has 1 N–H and O–H groups in total. The van der Waals surface area contributed by atoms with Crippen molar-refractivity contribution in [3.63, 3.8) is 0 Å². The van der Waals surface area contributed by atoms with Crippen LogP contribution in [0.4, 0.5) is 10.5 Å². The summed E-state index contributed by atoms with van der Waals surface area (Å²) >= 11 is 0. The highest BCUT2D eigenvalue weighted by molar-refractivity contribution is 5.93. The summed E-state index contributed by atoms with van der Waals surface area (Å²) in [7, 11) is 5.41. The Hall–Kier alpha value is -3.28. The number of anilines is 1. The average molecular weight is 433 g/mol. The lowest BCUT2D eigenvalue weighted by atomic mass is 9.81. The van der Waals surface area contributed by atoms with Crippen molar-refractivity contribution in [1.82, 2.24) is 14.4 Å². The van der Waals surface area contributed by atoms with E-state index < -0.39 is 0 Å². The van der Waals surface area contributed by atoms with E-state index in [1.54, 1.807) is 19.0 Å². The highest BCUT2D eigenvalue weighted by Crippen LogP contribution is 2.34. The number of aromatic nitrogens is 1. The molecule has 0 atom stereocenters. The maximum Gasteiger partial charge on any atom is 0.321 e. The SMILES string of the molecule is CN(C)C(=O)Cn1ccc2cc(NC(=O)N(C)C3CCC(c4ccccc4)CC3)ccc21. The minimum absolute atomic E-state index is 0.0449. The van der Waals surface area contributed by atoms with Crippen LogP contribution in [0.5, 0.6) is 0 Å². The van der Waals surface area contributed by atoms with Gasteiger partial charge < -0.3 is 19.7 Å². The van der Waals surface area contributed by atoms with E-state index in [0.29, 0.717) is 12.5 Å². The number of amides is 3. The summed E-state index contributed by atoms with van der Waals surface area (Å²) in [5.74, 6) is 0.637. The summed E-state index contributed by atoms with van der Waals surface area (Å²) < 4.78 is 1.93. The van der Waals surface area contributed by atoms with E-state index in [2.05, 4.69) is 35.6 Å². The van der Waals surface area contributed by atoms with Crippen LogP contribution in [0.2, 0.25) is 0 Å². The lowest BCUT2D eigenvalue weighted by Crippen LogP contribution is -2.41. The number of nitrogens with zero attached hydrogens (tertiary/aromatic N) is 3. The van der Waals surface area contributed by atoms with E-state index in [9.17, 15) is 9.59 Å². The molecule has 6 heteroatoms. The van der Waals surface area contributed by atoms with E-state index in [-0.39, 0.29) is 18.0 Å². The van der Waals surface area contributed by atoms with Crippen molar-refractivity contribution < 1.29 is 9.59 Å². The molecule has 1 aliphatic carbocycles. The second-order valence-corrected chi connectivity index (χ2v) is 8.96. The summed E-state index contributed by atoms with van der Waals surface area (Å²) in [6.45, 7) is 0.302. The van der Waals surface area contributed by atoms with E-state index >= 15 is 0 Å². The zero-order valence-electron chi connectivity index (χ0n) is 19.1. The maximum absolute atomic E-state index is 12.9. The number of hydrogen-bond donors (Lipinski definition) is 1. The van der Waals surface area contributed by atoms with Gasteiger partial charge in [0.15, 0.2) is 0 Å². The van der Waals surface area contributed by atoms with Gasteiger partial charge in [-0.1, -0.05) is 30.3 Å². The second-order valence-electron chi connectivity index (χ2n) is 8.96. The number of hydrogen-bond acceptors (Lipinski definition) is 2. The predicted octanol–water partition coefficient (Wildman–Crippen LogP) is 4.92. The molecule has 6 nitrogen and oxygen atoms in total. The standard InChI is InChI=1S/C26H32N4O2/c1-28(2)25(31)18-30-16-15-21-17-22(11-14-24(21)30)27-26(32)29(3)23-12-9-20(10-13-23)19-7-5-4-6-8-19/h4-8,11,14-17,20,23H,9-10,12-13,18H2,1-3H3,(H,27,32). The van der Waals surface area contributed by atoms with Crippen molar-refractivity contribution in [1.29, 1.82) is 0 Å². The first-order valence-corrected chi connectivity index (χ1v) is 11.3. The Balaban J connectivity index is 1.35. The van der Waals surface area contributed by atoms with E-state index in [0.717, 1.165) is 42.3 Å². The molecule has 0 bridgehead atoms. The molecule has 32 heavy (non-hydrogen) atoms. The molecular formula is C26H32N4O2. The van der Waals surface area contributed by atoms with Crippen LogP contribution >= 0.6 is 0 Å². The smallest absolute Gasteiger partial charge is 0.321 e. The molecule has 0 saturated heterocycles. The van der Waals surface area contributed by atoms with Crippen molar-refractivity contribution in [2.75, 3.05) is 26.5 Å². The topological polar surface area (TPSA) is 57.6 Å². The molecule has 0 radical (unpaired) electrons. The van der Waals surface area contributed by atoms with E-state index in [1.165, 1.54) is 5.56 Å². The summed E-state index contributed by atoms with van der Waals surface area (Å²) in [4.78, 5) is 28.4. The monoisotopic (exact) mass is 432 g/mol. The van der Waals surface area contributed by atoms with Gasteiger partial charge in [0.05, 0.1) is 0 Å². The van der Waals surface area contributed by atoms with Crippen LogP contribution in [0.25, 0.3) is 10.9 Å². The molecule has 1 aliphatic rings. The van der Waals surface area contributed by atoms with E-state index in [1.807, 2.05) is 47.0 Å². The van der Waals surface area contributed by atoms with Crippen molar-refractivity contribution in [3.05, 3.63) is 66.4 Å². The fourth-order valence-corrected chi connectivity index (χ4v) is 4.60. The Morgan fingerprint density at radius 2 is 1.69 bits per heavy atom. The van der Waals surface area contributed by atoms with Crippen LogP contribution < -0.4 is 5.32 Å². The van der Waals surface area contributed by atoms with Crippen LogP contribution in [0.3, 0.4) is 0 Å². The fourth-order valence-electron chi connectivity index (χ4n) is 4.60. The van der Waals surface area contributed by atoms with Crippen molar-refractivity contribution in [2.24, 2.45) is 0 Å². The normalized spacial score (nSPS) is 18.3. The third kappa shape index (κ3) is 4.79. The lowest BCUT2D eigenvalue weighted by molar-refractivity contribution is -0.129. The van der Waals surface area contributed by atoms with Crippen LogP contribution in [-0.2, 0) is 11.3 Å². The maximum atomic E-state index is 12.9. The number of urea groups is 1. The minimum atomic E-state index is -0.0743. The average Bonchev–Trinajstić information content (AvgIpc) is 3.21. The number of rotatable bonds is 5. The highest BCUT2D eigenvalue weighted by atomic mass is 16.2. The number of likely N-dealkylation sites (N-methyl/N-ethyl adjacent to an activating group) is 1. The van der Waals surface area contributed by atoms with Gasteiger partial charge >= 0.3 is 6.03 Å². The van der Waals surface area contributed by atoms with Gasteiger partial charge in [-0.05, 0) is 61.4 Å². The van der Waals surface area contributed by atoms with Gasteiger partial charge in [0, 0.05) is 50.0 Å². The van der Waals surface area contributed by atoms with Crippen molar-refractivity contribution in [2.45, 2.75) is 44.2 Å². The van der Waals surface area contributed by atoms with Gasteiger partial charge in [-0.2, -0.15) is 0 Å². The van der Waals surface area contributed by atoms with Gasteiger partial charge in [0.25, 0.3) is 0 Å². The predicted molar refractivity (Wildman–Crippen MR) is 129 cm³/mol. The summed E-state index contributed by atoms with van der Waals surface area (Å²) in [6, 6.07) is 18.7. The number of carbonyl (C=O) groups excluding carboxylic acids is 2. The van der Waals surface area contributed by atoms with Gasteiger partial charge in [0.2, 0.25) is 5.91 Å². The Morgan fingerprint density at radius 3 is 2.38 bits per heavy atom. The molecule has 4 rings (SSSR count). The van der Waals surface area contributed by atoms with Crippen LogP contribution in [0, 0.1) is 0 Å². The third-order valence-corrected chi connectivity index (χ3v) is 6.66. The van der Waals surface area contributed by atoms with Gasteiger partial charge in [-0.3, -0.25) is 4.79 Å². The summed E-state index contributed by atoms with van der Waals surface area (Å²) in [5.41, 5.74) is 3.15. The second kappa shape index (κ2) is 9.47. The summed E-state index contributed by atoms with van der Waals surface area (Å²) in [5, 5.41) is 4.05. The number of benzene rings is 2. The molecule has 1 heterocycles. The highest BCUT2D eigenvalue weighted by Gasteiger charge is 2.27. The van der Waals surface area contributed by atoms with Gasteiger partial charge in [-0.15, -0.1) is 0 Å². The lowest BCUT2D eigenvalue weighted by Gasteiger charge is -2.34. The molecule has 168 valence electrons. The molecule has 1 aromatic heterocycles. The molecule has 0 aliphatic heterocycles. The molecule has 2 aromatic carbocycles. The Morgan fingerprint density at radius 1 is 0.969 bits per heavy atom. The Bertz CT molecular complexity index is 1080. The fraction of sp³-hybridized carbons (Fsp3) is 0.385. The molecule has 1 saturated carbocycles. The largest absolute Gasteiger partial charge is 0.347 e. The Labute approximate surface area is 189 Å². The van der Waals surface area contributed by atoms with Gasteiger partial charge in [0.1, 0.15) is 6.54 Å². The first kappa shape index (κ1) is 21.9. The van der Waals surface area contributed by atoms with Crippen LogP contribution in [-0.4, -0.2) is 53.5 Å². The minimum Gasteiger partial charge on any atom is -0.347 e. The number of carbonyl (C=O) groups is 2. The first-order valence-electron chi connectivity index (χ1n) is 11.3. The molecular weight excluding hydrogens is 400 g/mol. The first-order chi connectivity index (χ1) is 15.4. The van der Waals surface area contributed by atoms with E-state index in [4.69, 9.17) is 0 Å². The number of nitrogens with one attached hydrogen (secondary N) is 1. The molecule has 1 fully saturated rings. The summed E-state index contributed by atoms with van der Waals surface area (Å²) in [6.07, 6.45) is 6.17. The Kier molecular flexibility index (Phi) is 6.49. The quantitative estimate of drug-likeness (QED) is 0.622. The molecule has 3 aromatic rings. The molecule has 0 spiro atoms. The third-order valence-electron chi connectivity index (χ3n) is 6.66. The molecule has 0 unspecified atom stereocenters.